The van der Waals surface area contributed by atoms with Gasteiger partial charge in [0.15, 0.2) is 0 Å². The Balaban J connectivity index is 2.08. The van der Waals surface area contributed by atoms with Crippen LogP contribution < -0.4 is 5.73 Å². The summed E-state index contributed by atoms with van der Waals surface area (Å²) < 4.78 is 5.34. The molecule has 0 aliphatic carbocycles. The van der Waals surface area contributed by atoms with Gasteiger partial charge in [-0.25, -0.2) is 0 Å². The van der Waals surface area contributed by atoms with Gasteiger partial charge >= 0.3 is 0 Å². The van der Waals surface area contributed by atoms with Crippen LogP contribution in [0.15, 0.2) is 30.3 Å². The number of likely N-dealkylation sites (N-methyl/N-ethyl adjacent to an activating group) is 1. The number of benzene rings is 1. The van der Waals surface area contributed by atoms with E-state index in [0.717, 1.165) is 26.1 Å². The van der Waals surface area contributed by atoms with Crippen molar-refractivity contribution in [2.24, 2.45) is 5.73 Å². The Morgan fingerprint density at radius 2 is 1.88 bits per heavy atom. The fourth-order valence-electron chi connectivity index (χ4n) is 1.48. The fraction of sp³-hybridized carbons (Fsp3) is 0.538. The van der Waals surface area contributed by atoms with Crippen LogP contribution in [0.2, 0.25) is 0 Å². The highest BCUT2D eigenvalue weighted by molar-refractivity contribution is 5.14. The second kappa shape index (κ2) is 8.28. The standard InChI is InChI=1S/C13H22N2O/c1-15(10-12-16-11-8-14)9-7-13-5-3-2-4-6-13/h2-6H,7-12,14H2,1H3. The molecule has 0 atom stereocenters. The Morgan fingerprint density at radius 1 is 1.12 bits per heavy atom. The van der Waals surface area contributed by atoms with E-state index in [0.29, 0.717) is 13.2 Å². The number of hydrogen-bond donors (Lipinski definition) is 1. The van der Waals surface area contributed by atoms with Crippen molar-refractivity contribution in [1.29, 1.82) is 0 Å². The first-order chi connectivity index (χ1) is 7.83. The summed E-state index contributed by atoms with van der Waals surface area (Å²) >= 11 is 0. The third-order valence-electron chi connectivity index (χ3n) is 2.50. The van der Waals surface area contributed by atoms with E-state index >= 15 is 0 Å². The lowest BCUT2D eigenvalue weighted by Gasteiger charge is -2.16. The SMILES string of the molecule is CN(CCOCCN)CCc1ccccc1. The van der Waals surface area contributed by atoms with Crippen LogP contribution in [0.5, 0.6) is 0 Å². The van der Waals surface area contributed by atoms with Gasteiger partial charge in [0, 0.05) is 19.6 Å². The lowest BCUT2D eigenvalue weighted by molar-refractivity contribution is 0.118. The second-order valence-corrected chi connectivity index (χ2v) is 3.94. The highest BCUT2D eigenvalue weighted by Gasteiger charge is 1.98. The molecule has 3 heteroatoms. The maximum Gasteiger partial charge on any atom is 0.0593 e. The van der Waals surface area contributed by atoms with Crippen molar-refractivity contribution in [3.63, 3.8) is 0 Å². The number of hydrogen-bond acceptors (Lipinski definition) is 3. The van der Waals surface area contributed by atoms with E-state index in [1.165, 1.54) is 5.56 Å². The molecular weight excluding hydrogens is 200 g/mol. The third-order valence-corrected chi connectivity index (χ3v) is 2.50. The van der Waals surface area contributed by atoms with E-state index < -0.39 is 0 Å². The van der Waals surface area contributed by atoms with Crippen molar-refractivity contribution in [2.75, 3.05) is 39.9 Å². The van der Waals surface area contributed by atoms with Crippen LogP contribution in [0, 0.1) is 0 Å². The zero-order valence-electron chi connectivity index (χ0n) is 10.1. The summed E-state index contributed by atoms with van der Waals surface area (Å²) in [6.07, 6.45) is 1.09. The van der Waals surface area contributed by atoms with Gasteiger partial charge in [0.1, 0.15) is 0 Å². The van der Waals surface area contributed by atoms with Crippen molar-refractivity contribution in [1.82, 2.24) is 4.90 Å². The summed E-state index contributed by atoms with van der Waals surface area (Å²) in [7, 11) is 2.12. The summed E-state index contributed by atoms with van der Waals surface area (Å²) in [6, 6.07) is 10.5. The van der Waals surface area contributed by atoms with Crippen molar-refractivity contribution in [3.05, 3.63) is 35.9 Å². The highest BCUT2D eigenvalue weighted by Crippen LogP contribution is 2.00. The first-order valence-electron chi connectivity index (χ1n) is 5.83. The number of rotatable bonds is 8. The maximum absolute atomic E-state index is 5.34. The number of nitrogens with two attached hydrogens (primary N) is 1. The molecule has 0 spiro atoms. The molecule has 1 rings (SSSR count). The van der Waals surface area contributed by atoms with Crippen molar-refractivity contribution >= 4 is 0 Å². The Morgan fingerprint density at radius 3 is 2.56 bits per heavy atom. The zero-order valence-corrected chi connectivity index (χ0v) is 10.1. The monoisotopic (exact) mass is 222 g/mol. The van der Waals surface area contributed by atoms with E-state index in [1.807, 2.05) is 6.07 Å². The minimum absolute atomic E-state index is 0.605. The zero-order chi connectivity index (χ0) is 11.6. The van der Waals surface area contributed by atoms with Gasteiger partial charge in [-0.3, -0.25) is 0 Å². The smallest absolute Gasteiger partial charge is 0.0593 e. The molecule has 0 aliphatic heterocycles. The maximum atomic E-state index is 5.34. The molecule has 90 valence electrons. The van der Waals surface area contributed by atoms with Crippen LogP contribution in [0.1, 0.15) is 5.56 Å². The van der Waals surface area contributed by atoms with Gasteiger partial charge in [-0.05, 0) is 19.0 Å². The molecule has 0 heterocycles. The molecule has 0 aliphatic rings. The minimum atomic E-state index is 0.605. The molecule has 0 fully saturated rings. The van der Waals surface area contributed by atoms with Crippen LogP contribution in [-0.4, -0.2) is 44.8 Å². The minimum Gasteiger partial charge on any atom is -0.379 e. The molecule has 0 unspecified atom stereocenters. The van der Waals surface area contributed by atoms with E-state index in [4.69, 9.17) is 10.5 Å². The van der Waals surface area contributed by atoms with Crippen molar-refractivity contribution < 1.29 is 4.74 Å². The first kappa shape index (κ1) is 13.2. The predicted octanol–water partition coefficient (Wildman–Crippen LogP) is 1.14. The molecule has 0 radical (unpaired) electrons. The third kappa shape index (κ3) is 5.85. The number of ether oxygens (including phenoxy) is 1. The molecule has 0 aromatic heterocycles. The Hall–Kier alpha value is -0.900. The van der Waals surface area contributed by atoms with Gasteiger partial charge in [-0.15, -0.1) is 0 Å². The number of nitrogens with zero attached hydrogens (tertiary/aromatic N) is 1. The lowest BCUT2D eigenvalue weighted by atomic mass is 10.1. The Labute approximate surface area is 98.2 Å². The average Bonchev–Trinajstić information content (AvgIpc) is 2.33. The molecule has 0 saturated carbocycles. The Kier molecular flexibility index (Phi) is 6.81. The van der Waals surface area contributed by atoms with Gasteiger partial charge in [-0.1, -0.05) is 30.3 Å². The normalized spacial score (nSPS) is 10.9. The van der Waals surface area contributed by atoms with E-state index in [2.05, 4.69) is 36.2 Å². The first-order valence-corrected chi connectivity index (χ1v) is 5.83. The molecule has 0 amide bonds. The molecule has 1 aromatic carbocycles. The van der Waals surface area contributed by atoms with Crippen molar-refractivity contribution in [2.45, 2.75) is 6.42 Å². The van der Waals surface area contributed by atoms with Gasteiger partial charge in [0.25, 0.3) is 0 Å². The largest absolute Gasteiger partial charge is 0.379 e. The quantitative estimate of drug-likeness (QED) is 0.670. The van der Waals surface area contributed by atoms with Gasteiger partial charge in [0.05, 0.1) is 13.2 Å². The topological polar surface area (TPSA) is 38.5 Å². The summed E-state index contributed by atoms with van der Waals surface area (Å²) in [5.74, 6) is 0. The molecule has 1 aromatic rings. The van der Waals surface area contributed by atoms with Crippen molar-refractivity contribution in [3.8, 4) is 0 Å². The van der Waals surface area contributed by atoms with E-state index in [-0.39, 0.29) is 0 Å². The molecule has 0 bridgehead atoms. The van der Waals surface area contributed by atoms with E-state index in [1.54, 1.807) is 0 Å². The fourth-order valence-corrected chi connectivity index (χ4v) is 1.48. The van der Waals surface area contributed by atoms with Gasteiger partial charge < -0.3 is 15.4 Å². The van der Waals surface area contributed by atoms with Gasteiger partial charge in [0.2, 0.25) is 0 Å². The average molecular weight is 222 g/mol. The molecule has 16 heavy (non-hydrogen) atoms. The van der Waals surface area contributed by atoms with Crippen LogP contribution in [0.3, 0.4) is 0 Å². The summed E-state index contributed by atoms with van der Waals surface area (Å²) in [4.78, 5) is 2.28. The lowest BCUT2D eigenvalue weighted by Crippen LogP contribution is -2.26. The van der Waals surface area contributed by atoms with Crippen LogP contribution in [0.25, 0.3) is 0 Å². The second-order valence-electron chi connectivity index (χ2n) is 3.94. The van der Waals surface area contributed by atoms with E-state index in [9.17, 15) is 0 Å². The van der Waals surface area contributed by atoms with Crippen LogP contribution in [-0.2, 0) is 11.2 Å². The van der Waals surface area contributed by atoms with Crippen LogP contribution in [0.4, 0.5) is 0 Å². The van der Waals surface area contributed by atoms with Gasteiger partial charge in [-0.2, -0.15) is 0 Å². The molecule has 0 saturated heterocycles. The summed E-state index contributed by atoms with van der Waals surface area (Å²) in [5.41, 5.74) is 6.73. The summed E-state index contributed by atoms with van der Waals surface area (Å²) in [6.45, 7) is 4.06. The molecule has 3 nitrogen and oxygen atoms in total. The summed E-state index contributed by atoms with van der Waals surface area (Å²) in [5, 5.41) is 0. The molecule has 2 N–H and O–H groups in total. The Bertz CT molecular complexity index is 264. The highest BCUT2D eigenvalue weighted by atomic mass is 16.5. The van der Waals surface area contributed by atoms with Crippen LogP contribution >= 0.6 is 0 Å². The predicted molar refractivity (Wildman–Crippen MR) is 67.5 cm³/mol. The molecular formula is C13H22N2O.